The molecule has 0 N–H and O–H groups in total. The van der Waals surface area contributed by atoms with Gasteiger partial charge in [0.2, 0.25) is 0 Å². The van der Waals surface area contributed by atoms with Gasteiger partial charge in [-0.1, -0.05) is 69.9 Å². The van der Waals surface area contributed by atoms with Crippen LogP contribution in [-0.2, 0) is 19.1 Å². The van der Waals surface area contributed by atoms with E-state index < -0.39 is 5.97 Å². The number of hydrogen-bond acceptors (Lipinski definition) is 4. The minimum Gasteiger partial charge on any atom is -0.462 e. The second-order valence-electron chi connectivity index (χ2n) is 7.12. The van der Waals surface area contributed by atoms with Gasteiger partial charge in [-0.05, 0) is 45.4 Å². The van der Waals surface area contributed by atoms with E-state index in [0.717, 1.165) is 32.1 Å². The van der Waals surface area contributed by atoms with Crippen LogP contribution in [-0.4, -0.2) is 25.2 Å². The highest BCUT2D eigenvalue weighted by Gasteiger charge is 2.05. The minimum absolute atomic E-state index is 0.0829. The summed E-state index contributed by atoms with van der Waals surface area (Å²) >= 11 is 0. The van der Waals surface area contributed by atoms with E-state index in [0.29, 0.717) is 12.0 Å². The third-order valence-corrected chi connectivity index (χ3v) is 4.26. The van der Waals surface area contributed by atoms with Gasteiger partial charge in [-0.3, -0.25) is 4.79 Å². The summed E-state index contributed by atoms with van der Waals surface area (Å²) in [6.07, 6.45) is 22.2. The molecule has 0 rings (SSSR count). The Balaban J connectivity index is 3.36. The molecule has 0 saturated heterocycles. The number of rotatable bonds is 18. The van der Waals surface area contributed by atoms with Crippen LogP contribution < -0.4 is 0 Å². The smallest absolute Gasteiger partial charge is 0.333 e. The predicted octanol–water partition coefficient (Wildman–Crippen LogP) is 6.46. The van der Waals surface area contributed by atoms with Gasteiger partial charge in [0, 0.05) is 12.0 Å². The van der Waals surface area contributed by atoms with E-state index in [1.807, 2.05) is 0 Å². The second-order valence-corrected chi connectivity index (χ2v) is 7.12. The quantitative estimate of drug-likeness (QED) is 0.116. The first-order valence-corrected chi connectivity index (χ1v) is 10.9. The maximum absolute atomic E-state index is 11.6. The maximum Gasteiger partial charge on any atom is 0.333 e. The lowest BCUT2D eigenvalue weighted by Gasteiger charge is -2.06. The zero-order valence-electron chi connectivity index (χ0n) is 18.0. The molecular weight excluding hydrogens is 352 g/mol. The van der Waals surface area contributed by atoms with E-state index in [1.165, 1.54) is 38.5 Å². The van der Waals surface area contributed by atoms with Gasteiger partial charge in [0.15, 0.2) is 0 Å². The number of carbonyl (C=O) groups is 2. The van der Waals surface area contributed by atoms with Gasteiger partial charge in [0.1, 0.15) is 13.2 Å². The Morgan fingerprint density at radius 1 is 0.786 bits per heavy atom. The third-order valence-electron chi connectivity index (χ3n) is 4.26. The van der Waals surface area contributed by atoms with Crippen LogP contribution in [0, 0.1) is 0 Å². The molecule has 28 heavy (non-hydrogen) atoms. The first-order chi connectivity index (χ1) is 13.6. The molecule has 4 nitrogen and oxygen atoms in total. The van der Waals surface area contributed by atoms with Crippen LogP contribution in [0.1, 0.15) is 90.9 Å². The molecule has 0 radical (unpaired) electrons. The van der Waals surface area contributed by atoms with Crippen molar-refractivity contribution in [3.63, 3.8) is 0 Å². The lowest BCUT2D eigenvalue weighted by atomic mass is 10.1. The van der Waals surface area contributed by atoms with Crippen molar-refractivity contribution < 1.29 is 19.1 Å². The molecule has 0 spiro atoms. The van der Waals surface area contributed by atoms with Crippen molar-refractivity contribution >= 4 is 11.9 Å². The summed E-state index contributed by atoms with van der Waals surface area (Å²) in [6, 6.07) is 0. The Morgan fingerprint density at radius 2 is 1.36 bits per heavy atom. The first kappa shape index (κ1) is 26.2. The molecule has 0 atom stereocenters. The number of unbranched alkanes of at least 4 members (excludes halogenated alkanes) is 8. The summed E-state index contributed by atoms with van der Waals surface area (Å²) in [4.78, 5) is 22.7. The highest BCUT2D eigenvalue weighted by molar-refractivity contribution is 5.86. The lowest BCUT2D eigenvalue weighted by Crippen LogP contribution is -2.14. The van der Waals surface area contributed by atoms with Crippen molar-refractivity contribution in [1.29, 1.82) is 0 Å². The molecule has 160 valence electrons. The van der Waals surface area contributed by atoms with Gasteiger partial charge in [-0.2, -0.15) is 0 Å². The zero-order chi connectivity index (χ0) is 20.9. The molecule has 0 saturated carbocycles. The Morgan fingerprint density at radius 3 is 2.00 bits per heavy atom. The van der Waals surface area contributed by atoms with Crippen LogP contribution in [0.5, 0.6) is 0 Å². The van der Waals surface area contributed by atoms with Gasteiger partial charge in [-0.15, -0.1) is 0 Å². The van der Waals surface area contributed by atoms with Gasteiger partial charge in [0.25, 0.3) is 0 Å². The number of allylic oxidation sites excluding steroid dienone is 4. The lowest BCUT2D eigenvalue weighted by molar-refractivity contribution is -0.150. The van der Waals surface area contributed by atoms with Crippen LogP contribution in [0.2, 0.25) is 0 Å². The standard InChI is InChI=1S/C24H40O4/c1-4-5-6-7-8-9-10-11-12-13-14-15-16-17-18-19-23(25)27-20-21-28-24(26)22(2)3/h8-9,11-12H,2,4-7,10,13-21H2,1,3H3/b9-8-,12-11-. The third kappa shape index (κ3) is 18.9. The molecule has 0 aromatic carbocycles. The summed E-state index contributed by atoms with van der Waals surface area (Å²) in [5.41, 5.74) is 0.344. The van der Waals surface area contributed by atoms with Crippen molar-refractivity contribution in [3.05, 3.63) is 36.5 Å². The van der Waals surface area contributed by atoms with Crippen LogP contribution in [0.15, 0.2) is 36.5 Å². The van der Waals surface area contributed by atoms with Crippen molar-refractivity contribution in [2.24, 2.45) is 0 Å². The average Bonchev–Trinajstić information content (AvgIpc) is 2.68. The van der Waals surface area contributed by atoms with E-state index in [9.17, 15) is 9.59 Å². The number of carbonyl (C=O) groups excluding carboxylic acids is 2. The molecule has 0 aromatic rings. The first-order valence-electron chi connectivity index (χ1n) is 10.9. The summed E-state index contributed by atoms with van der Waals surface area (Å²) in [5.74, 6) is -0.679. The second kappa shape index (κ2) is 19.9. The van der Waals surface area contributed by atoms with Gasteiger partial charge < -0.3 is 9.47 Å². The molecule has 0 heterocycles. The van der Waals surface area contributed by atoms with E-state index >= 15 is 0 Å². The van der Waals surface area contributed by atoms with Gasteiger partial charge >= 0.3 is 11.9 Å². The summed E-state index contributed by atoms with van der Waals surface area (Å²) in [5, 5.41) is 0. The minimum atomic E-state index is -0.454. The molecule has 0 amide bonds. The topological polar surface area (TPSA) is 52.6 Å². The molecule has 0 aliphatic heterocycles. The molecule has 0 fully saturated rings. The molecule has 0 unspecified atom stereocenters. The summed E-state index contributed by atoms with van der Waals surface area (Å²) in [6.45, 7) is 7.49. The number of esters is 2. The highest BCUT2D eigenvalue weighted by Crippen LogP contribution is 2.08. The molecule has 0 aliphatic carbocycles. The van der Waals surface area contributed by atoms with Crippen LogP contribution in [0.3, 0.4) is 0 Å². The zero-order valence-corrected chi connectivity index (χ0v) is 18.0. The fourth-order valence-corrected chi connectivity index (χ4v) is 2.57. The number of ether oxygens (including phenoxy) is 2. The molecule has 0 aromatic heterocycles. The Hall–Kier alpha value is -1.84. The maximum atomic E-state index is 11.6. The highest BCUT2D eigenvalue weighted by atomic mass is 16.6. The van der Waals surface area contributed by atoms with Crippen molar-refractivity contribution in [2.75, 3.05) is 13.2 Å². The largest absolute Gasteiger partial charge is 0.462 e. The van der Waals surface area contributed by atoms with E-state index in [4.69, 9.17) is 9.47 Å². The molecule has 0 bridgehead atoms. The van der Waals surface area contributed by atoms with Crippen LogP contribution in [0.4, 0.5) is 0 Å². The SMILES string of the molecule is C=C(C)C(=O)OCCOC(=O)CCCCCCC/C=C\C/C=C\CCCCC. The Kier molecular flexibility index (Phi) is 18.6. The molecule has 4 heteroatoms. The predicted molar refractivity (Wildman–Crippen MR) is 116 cm³/mol. The van der Waals surface area contributed by atoms with Crippen molar-refractivity contribution in [2.45, 2.75) is 90.9 Å². The van der Waals surface area contributed by atoms with Crippen molar-refractivity contribution in [1.82, 2.24) is 0 Å². The van der Waals surface area contributed by atoms with E-state index in [1.54, 1.807) is 6.92 Å². The number of hydrogen-bond donors (Lipinski definition) is 0. The van der Waals surface area contributed by atoms with Crippen molar-refractivity contribution in [3.8, 4) is 0 Å². The summed E-state index contributed by atoms with van der Waals surface area (Å²) < 4.78 is 9.89. The molecule has 0 aliphatic rings. The Bertz CT molecular complexity index is 477. The van der Waals surface area contributed by atoms with Crippen LogP contribution >= 0.6 is 0 Å². The normalized spacial score (nSPS) is 11.2. The summed E-state index contributed by atoms with van der Waals surface area (Å²) in [7, 11) is 0. The van der Waals surface area contributed by atoms with Gasteiger partial charge in [-0.25, -0.2) is 4.79 Å². The molecular formula is C24H40O4. The Labute approximate surface area is 172 Å². The fourth-order valence-electron chi connectivity index (χ4n) is 2.57. The van der Waals surface area contributed by atoms with Gasteiger partial charge in [0.05, 0.1) is 0 Å². The van der Waals surface area contributed by atoms with Crippen LogP contribution in [0.25, 0.3) is 0 Å². The monoisotopic (exact) mass is 392 g/mol. The van der Waals surface area contributed by atoms with E-state index in [2.05, 4.69) is 37.8 Å². The van der Waals surface area contributed by atoms with E-state index in [-0.39, 0.29) is 19.2 Å². The average molecular weight is 393 g/mol. The fraction of sp³-hybridized carbons (Fsp3) is 0.667.